The van der Waals surface area contributed by atoms with Crippen LogP contribution in [0.3, 0.4) is 0 Å². The molecule has 16 heavy (non-hydrogen) atoms. The van der Waals surface area contributed by atoms with E-state index in [9.17, 15) is 4.79 Å². The summed E-state index contributed by atoms with van der Waals surface area (Å²) in [6.45, 7) is 2.21. The van der Waals surface area contributed by atoms with Crippen LogP contribution in [0.4, 0.5) is 0 Å². The Labute approximate surface area is 96.6 Å². The van der Waals surface area contributed by atoms with Crippen molar-refractivity contribution in [3.05, 3.63) is 10.3 Å². The minimum absolute atomic E-state index is 0.107. The van der Waals surface area contributed by atoms with E-state index in [4.69, 9.17) is 19.3 Å². The second kappa shape index (κ2) is 4.71. The first-order valence-electron chi connectivity index (χ1n) is 4.95. The molecule has 0 amide bonds. The molecule has 0 bridgehead atoms. The maximum atomic E-state index is 11.5. The Balaban J connectivity index is 2.19. The first kappa shape index (κ1) is 11.2. The van der Waals surface area contributed by atoms with Crippen molar-refractivity contribution in [3.8, 4) is 11.5 Å². The average Bonchev–Trinajstić information content (AvgIpc) is 2.71. The summed E-state index contributed by atoms with van der Waals surface area (Å²) in [5.74, 6) is 0.520. The topological polar surface area (TPSA) is 65.0 Å². The molecule has 1 N–H and O–H groups in total. The number of hydrogen-bond acceptors (Lipinski definition) is 6. The van der Waals surface area contributed by atoms with Crippen LogP contribution in [0.1, 0.15) is 16.6 Å². The van der Waals surface area contributed by atoms with Gasteiger partial charge in [0.15, 0.2) is 22.5 Å². The van der Waals surface area contributed by atoms with Gasteiger partial charge in [-0.15, -0.1) is 11.3 Å². The summed E-state index contributed by atoms with van der Waals surface area (Å²) >= 11 is 1.22. The minimum atomic E-state index is -0.403. The van der Waals surface area contributed by atoms with Crippen LogP contribution < -0.4 is 9.47 Å². The van der Waals surface area contributed by atoms with Crippen molar-refractivity contribution >= 4 is 17.3 Å². The molecule has 2 heterocycles. The van der Waals surface area contributed by atoms with Crippen molar-refractivity contribution in [1.82, 2.24) is 0 Å². The van der Waals surface area contributed by atoms with E-state index < -0.39 is 5.97 Å². The summed E-state index contributed by atoms with van der Waals surface area (Å²) in [5, 5.41) is 10.6. The SMILES string of the molecule is CCOC(=O)c1scc2c1OCC(CO)O2. The van der Waals surface area contributed by atoms with E-state index in [0.717, 1.165) is 0 Å². The van der Waals surface area contributed by atoms with Crippen molar-refractivity contribution < 1.29 is 24.1 Å². The Hall–Kier alpha value is -1.27. The summed E-state index contributed by atoms with van der Waals surface area (Å²) in [6.07, 6.45) is -0.364. The molecule has 1 aliphatic rings. The smallest absolute Gasteiger partial charge is 0.352 e. The number of esters is 1. The lowest BCUT2D eigenvalue weighted by Gasteiger charge is -2.23. The zero-order chi connectivity index (χ0) is 11.5. The second-order valence-electron chi connectivity index (χ2n) is 3.21. The Morgan fingerprint density at radius 1 is 1.75 bits per heavy atom. The predicted octanol–water partition coefficient (Wildman–Crippen LogP) is 1.06. The number of carbonyl (C=O) groups excluding carboxylic acids is 1. The van der Waals surface area contributed by atoms with Gasteiger partial charge in [0.05, 0.1) is 13.2 Å². The fraction of sp³-hybridized carbons (Fsp3) is 0.500. The quantitative estimate of drug-likeness (QED) is 0.805. The van der Waals surface area contributed by atoms with E-state index in [1.54, 1.807) is 12.3 Å². The minimum Gasteiger partial charge on any atom is -0.484 e. The highest BCUT2D eigenvalue weighted by molar-refractivity contribution is 7.12. The number of aliphatic hydroxyl groups is 1. The Morgan fingerprint density at radius 2 is 2.56 bits per heavy atom. The predicted molar refractivity (Wildman–Crippen MR) is 57.3 cm³/mol. The van der Waals surface area contributed by atoms with Gasteiger partial charge in [-0.25, -0.2) is 4.79 Å². The zero-order valence-corrected chi connectivity index (χ0v) is 9.58. The molecule has 0 radical (unpaired) electrons. The number of hydrogen-bond donors (Lipinski definition) is 1. The highest BCUT2D eigenvalue weighted by atomic mass is 32.1. The molecule has 1 atom stereocenters. The third-order valence-corrected chi connectivity index (χ3v) is 3.01. The van der Waals surface area contributed by atoms with Gasteiger partial charge in [-0.05, 0) is 6.92 Å². The van der Waals surface area contributed by atoms with Crippen molar-refractivity contribution in [2.45, 2.75) is 13.0 Å². The van der Waals surface area contributed by atoms with Gasteiger partial charge in [-0.3, -0.25) is 0 Å². The molecule has 1 aromatic heterocycles. The van der Waals surface area contributed by atoms with Gasteiger partial charge in [0.25, 0.3) is 0 Å². The van der Waals surface area contributed by atoms with Gasteiger partial charge in [0.2, 0.25) is 0 Å². The Morgan fingerprint density at radius 3 is 3.25 bits per heavy atom. The monoisotopic (exact) mass is 244 g/mol. The van der Waals surface area contributed by atoms with E-state index in [1.165, 1.54) is 11.3 Å². The standard InChI is InChI=1S/C10H12O5S/c1-2-13-10(12)9-8-7(5-16-9)15-6(3-11)4-14-8/h5-6,11H,2-4H2,1H3. The van der Waals surface area contributed by atoms with Crippen LogP contribution in [0, 0.1) is 0 Å². The lowest BCUT2D eigenvalue weighted by Crippen LogP contribution is -2.32. The normalized spacial score (nSPS) is 18.2. The van der Waals surface area contributed by atoms with Crippen LogP contribution in [0.15, 0.2) is 5.38 Å². The number of ether oxygens (including phenoxy) is 3. The largest absolute Gasteiger partial charge is 0.484 e. The van der Waals surface area contributed by atoms with E-state index in [-0.39, 0.29) is 19.3 Å². The van der Waals surface area contributed by atoms with Crippen LogP contribution in [0.2, 0.25) is 0 Å². The molecule has 1 aliphatic heterocycles. The van der Waals surface area contributed by atoms with Crippen molar-refractivity contribution in [2.24, 2.45) is 0 Å². The summed E-state index contributed by atoms with van der Waals surface area (Å²) in [6, 6.07) is 0. The molecular formula is C10H12O5S. The first-order chi connectivity index (χ1) is 7.76. The number of carbonyl (C=O) groups is 1. The van der Waals surface area contributed by atoms with Gasteiger partial charge in [-0.1, -0.05) is 0 Å². The zero-order valence-electron chi connectivity index (χ0n) is 8.76. The summed E-state index contributed by atoms with van der Waals surface area (Å²) in [7, 11) is 0. The lowest BCUT2D eigenvalue weighted by atomic mass is 10.3. The number of rotatable bonds is 3. The summed E-state index contributed by atoms with van der Waals surface area (Å²) < 4.78 is 15.7. The fourth-order valence-corrected chi connectivity index (χ4v) is 2.18. The Kier molecular flexibility index (Phi) is 3.31. The maximum Gasteiger partial charge on any atom is 0.352 e. The summed E-state index contributed by atoms with van der Waals surface area (Å²) in [4.78, 5) is 11.9. The highest BCUT2D eigenvalue weighted by Gasteiger charge is 2.28. The van der Waals surface area contributed by atoms with E-state index in [1.807, 2.05) is 0 Å². The third-order valence-electron chi connectivity index (χ3n) is 2.09. The molecular weight excluding hydrogens is 232 g/mol. The molecule has 0 saturated carbocycles. The molecule has 0 saturated heterocycles. The van der Waals surface area contributed by atoms with Gasteiger partial charge in [0, 0.05) is 5.38 Å². The lowest BCUT2D eigenvalue weighted by molar-refractivity contribution is 0.0417. The molecule has 1 aromatic rings. The van der Waals surface area contributed by atoms with Gasteiger partial charge in [0.1, 0.15) is 6.61 Å². The molecule has 2 rings (SSSR count). The summed E-state index contributed by atoms with van der Waals surface area (Å²) in [5.41, 5.74) is 0. The van der Waals surface area contributed by atoms with E-state index in [0.29, 0.717) is 23.0 Å². The molecule has 0 fully saturated rings. The molecule has 0 aliphatic carbocycles. The van der Waals surface area contributed by atoms with Crippen LogP contribution in [-0.2, 0) is 4.74 Å². The molecule has 6 heteroatoms. The average molecular weight is 244 g/mol. The maximum absolute atomic E-state index is 11.5. The van der Waals surface area contributed by atoms with Crippen molar-refractivity contribution in [1.29, 1.82) is 0 Å². The molecule has 5 nitrogen and oxygen atoms in total. The number of fused-ring (bicyclic) bond motifs is 1. The third kappa shape index (κ3) is 1.98. The molecule has 1 unspecified atom stereocenters. The van der Waals surface area contributed by atoms with Crippen LogP contribution in [-0.4, -0.2) is 37.0 Å². The van der Waals surface area contributed by atoms with Crippen LogP contribution in [0.25, 0.3) is 0 Å². The van der Waals surface area contributed by atoms with Crippen LogP contribution >= 0.6 is 11.3 Å². The van der Waals surface area contributed by atoms with Crippen LogP contribution in [0.5, 0.6) is 11.5 Å². The van der Waals surface area contributed by atoms with Gasteiger partial charge >= 0.3 is 5.97 Å². The molecule has 88 valence electrons. The van der Waals surface area contributed by atoms with Gasteiger partial charge in [-0.2, -0.15) is 0 Å². The Bertz CT molecular complexity index is 387. The first-order valence-corrected chi connectivity index (χ1v) is 5.83. The van der Waals surface area contributed by atoms with E-state index >= 15 is 0 Å². The molecule has 0 aromatic carbocycles. The van der Waals surface area contributed by atoms with E-state index in [2.05, 4.69) is 0 Å². The van der Waals surface area contributed by atoms with Crippen molar-refractivity contribution in [2.75, 3.05) is 19.8 Å². The second-order valence-corrected chi connectivity index (χ2v) is 4.09. The number of aliphatic hydroxyl groups excluding tert-OH is 1. The number of thiophene rings is 1. The van der Waals surface area contributed by atoms with Gasteiger partial charge < -0.3 is 19.3 Å². The highest BCUT2D eigenvalue weighted by Crippen LogP contribution is 2.40. The van der Waals surface area contributed by atoms with Crippen molar-refractivity contribution in [3.63, 3.8) is 0 Å². The fourth-order valence-electron chi connectivity index (χ4n) is 1.37. The molecule has 0 spiro atoms.